The molecule has 0 saturated carbocycles. The van der Waals surface area contributed by atoms with Crippen molar-refractivity contribution in [2.75, 3.05) is 20.6 Å². The number of nitrogens with zero attached hydrogens (tertiary/aromatic N) is 5. The molecule has 23 heavy (non-hydrogen) atoms. The van der Waals surface area contributed by atoms with Crippen LogP contribution in [0.1, 0.15) is 5.82 Å². The van der Waals surface area contributed by atoms with Gasteiger partial charge >= 0.3 is 0 Å². The SMILES string of the molecule is CNC(=O)CN(C)Cc1nnc2n(C)c(=O)c3ccccc3n12. The number of carbonyl (C=O) groups is 1. The number of para-hydroxylation sites is 1. The zero-order valence-electron chi connectivity index (χ0n) is 13.3. The summed E-state index contributed by atoms with van der Waals surface area (Å²) in [6.07, 6.45) is 0. The van der Waals surface area contributed by atoms with Gasteiger partial charge in [-0.3, -0.25) is 23.5 Å². The first-order chi connectivity index (χ1) is 11.0. The van der Waals surface area contributed by atoms with E-state index in [0.29, 0.717) is 23.5 Å². The zero-order valence-corrected chi connectivity index (χ0v) is 13.3. The van der Waals surface area contributed by atoms with Gasteiger partial charge in [0.05, 0.1) is 24.0 Å². The molecule has 8 nitrogen and oxygen atoms in total. The van der Waals surface area contributed by atoms with Crippen molar-refractivity contribution >= 4 is 22.6 Å². The molecule has 2 aromatic heterocycles. The Labute approximate surface area is 132 Å². The van der Waals surface area contributed by atoms with Crippen molar-refractivity contribution in [1.82, 2.24) is 29.4 Å². The fourth-order valence-corrected chi connectivity index (χ4v) is 2.62. The number of benzene rings is 1. The molecule has 120 valence electrons. The molecule has 1 aromatic carbocycles. The van der Waals surface area contributed by atoms with Gasteiger partial charge in [0.15, 0.2) is 5.82 Å². The quantitative estimate of drug-likeness (QED) is 0.718. The van der Waals surface area contributed by atoms with Crippen molar-refractivity contribution in [3.8, 4) is 0 Å². The van der Waals surface area contributed by atoms with E-state index in [0.717, 1.165) is 5.52 Å². The third-order valence-electron chi connectivity index (χ3n) is 3.80. The topological polar surface area (TPSA) is 84.5 Å². The van der Waals surface area contributed by atoms with E-state index in [2.05, 4.69) is 15.5 Å². The van der Waals surface area contributed by atoms with Gasteiger partial charge in [0, 0.05) is 14.1 Å². The Morgan fingerprint density at radius 1 is 1.30 bits per heavy atom. The lowest BCUT2D eigenvalue weighted by Gasteiger charge is -2.15. The second kappa shape index (κ2) is 5.81. The summed E-state index contributed by atoms with van der Waals surface area (Å²) < 4.78 is 3.34. The van der Waals surface area contributed by atoms with Crippen LogP contribution in [0.15, 0.2) is 29.1 Å². The van der Waals surface area contributed by atoms with E-state index in [9.17, 15) is 9.59 Å². The van der Waals surface area contributed by atoms with Crippen LogP contribution in [0.2, 0.25) is 0 Å². The van der Waals surface area contributed by atoms with Crippen molar-refractivity contribution < 1.29 is 4.79 Å². The molecule has 0 aliphatic rings. The highest BCUT2D eigenvalue weighted by molar-refractivity contribution is 5.80. The first-order valence-corrected chi connectivity index (χ1v) is 7.23. The summed E-state index contributed by atoms with van der Waals surface area (Å²) in [4.78, 5) is 25.7. The molecule has 0 atom stereocenters. The van der Waals surface area contributed by atoms with Crippen LogP contribution in [0.3, 0.4) is 0 Å². The number of hydrogen-bond donors (Lipinski definition) is 1. The maximum Gasteiger partial charge on any atom is 0.262 e. The summed E-state index contributed by atoms with van der Waals surface area (Å²) in [5, 5.41) is 11.5. The van der Waals surface area contributed by atoms with Crippen LogP contribution in [-0.2, 0) is 18.4 Å². The van der Waals surface area contributed by atoms with Crippen LogP contribution in [0, 0.1) is 0 Å². The normalized spacial score (nSPS) is 11.5. The molecule has 0 unspecified atom stereocenters. The summed E-state index contributed by atoms with van der Waals surface area (Å²) in [5.74, 6) is 1.09. The minimum absolute atomic E-state index is 0.0708. The van der Waals surface area contributed by atoms with Crippen LogP contribution in [-0.4, -0.2) is 50.6 Å². The van der Waals surface area contributed by atoms with E-state index in [-0.39, 0.29) is 18.0 Å². The minimum atomic E-state index is -0.106. The number of nitrogens with one attached hydrogen (secondary N) is 1. The molecule has 0 aliphatic heterocycles. The third-order valence-corrected chi connectivity index (χ3v) is 3.80. The smallest absolute Gasteiger partial charge is 0.262 e. The molecule has 0 fully saturated rings. The molecule has 3 aromatic rings. The Balaban J connectivity index is 2.13. The molecule has 2 heterocycles. The maximum absolute atomic E-state index is 12.4. The number of fused-ring (bicyclic) bond motifs is 3. The largest absolute Gasteiger partial charge is 0.358 e. The van der Waals surface area contributed by atoms with Gasteiger partial charge in [0.25, 0.3) is 5.56 Å². The fourth-order valence-electron chi connectivity index (χ4n) is 2.62. The van der Waals surface area contributed by atoms with Crippen molar-refractivity contribution in [1.29, 1.82) is 0 Å². The van der Waals surface area contributed by atoms with E-state index in [1.807, 2.05) is 34.5 Å². The predicted molar refractivity (Wildman–Crippen MR) is 86.1 cm³/mol. The van der Waals surface area contributed by atoms with Crippen LogP contribution in [0.25, 0.3) is 16.7 Å². The summed E-state index contributed by atoms with van der Waals surface area (Å²) in [6.45, 7) is 0.700. The van der Waals surface area contributed by atoms with E-state index < -0.39 is 0 Å². The highest BCUT2D eigenvalue weighted by Crippen LogP contribution is 2.14. The maximum atomic E-state index is 12.4. The van der Waals surface area contributed by atoms with Gasteiger partial charge in [0.2, 0.25) is 11.7 Å². The van der Waals surface area contributed by atoms with Crippen LogP contribution in [0.5, 0.6) is 0 Å². The van der Waals surface area contributed by atoms with E-state index in [1.165, 1.54) is 4.57 Å². The molecule has 8 heteroatoms. The summed E-state index contributed by atoms with van der Waals surface area (Å²) >= 11 is 0. The summed E-state index contributed by atoms with van der Waals surface area (Å²) in [7, 11) is 5.11. The third kappa shape index (κ3) is 2.57. The van der Waals surface area contributed by atoms with Crippen LogP contribution in [0.4, 0.5) is 0 Å². The molecule has 0 bridgehead atoms. The molecule has 1 amide bonds. The number of rotatable bonds is 4. The zero-order chi connectivity index (χ0) is 16.6. The van der Waals surface area contributed by atoms with Gasteiger partial charge in [0.1, 0.15) is 0 Å². The van der Waals surface area contributed by atoms with Gasteiger partial charge in [-0.1, -0.05) is 12.1 Å². The standard InChI is InChI=1S/C15H18N6O2/c1-16-13(22)9-19(2)8-12-17-18-15-20(3)14(23)10-6-4-5-7-11(10)21(12)15/h4-7H,8-9H2,1-3H3,(H,16,22). The Kier molecular flexibility index (Phi) is 3.83. The Hall–Kier alpha value is -2.74. The molecular formula is C15H18N6O2. The predicted octanol–water partition coefficient (Wildman–Crippen LogP) is -0.241. The van der Waals surface area contributed by atoms with Gasteiger partial charge in [-0.05, 0) is 19.2 Å². The van der Waals surface area contributed by atoms with Gasteiger partial charge in [-0.15, -0.1) is 10.2 Å². The Morgan fingerprint density at radius 3 is 2.78 bits per heavy atom. The molecule has 0 radical (unpaired) electrons. The van der Waals surface area contributed by atoms with Gasteiger partial charge < -0.3 is 5.32 Å². The van der Waals surface area contributed by atoms with Gasteiger partial charge in [-0.25, -0.2) is 0 Å². The molecule has 0 saturated heterocycles. The average Bonchev–Trinajstić information content (AvgIpc) is 2.96. The average molecular weight is 314 g/mol. The molecule has 0 spiro atoms. The Morgan fingerprint density at radius 2 is 2.04 bits per heavy atom. The molecule has 3 rings (SSSR count). The number of amides is 1. The fraction of sp³-hybridized carbons (Fsp3) is 0.333. The molecule has 0 aliphatic carbocycles. The summed E-state index contributed by atoms with van der Waals surface area (Å²) in [6, 6.07) is 7.36. The first kappa shape index (κ1) is 15.2. The van der Waals surface area contributed by atoms with Crippen molar-refractivity contribution in [3.63, 3.8) is 0 Å². The highest BCUT2D eigenvalue weighted by Gasteiger charge is 2.16. The van der Waals surface area contributed by atoms with Crippen molar-refractivity contribution in [2.24, 2.45) is 7.05 Å². The number of aryl methyl sites for hydroxylation is 1. The van der Waals surface area contributed by atoms with E-state index >= 15 is 0 Å². The Bertz CT molecular complexity index is 942. The number of carbonyl (C=O) groups excluding carboxylic acids is 1. The lowest BCUT2D eigenvalue weighted by atomic mass is 10.2. The summed E-state index contributed by atoms with van der Waals surface area (Å²) in [5.41, 5.74) is 0.657. The van der Waals surface area contributed by atoms with Crippen molar-refractivity contribution in [2.45, 2.75) is 6.54 Å². The van der Waals surface area contributed by atoms with E-state index in [4.69, 9.17) is 0 Å². The lowest BCUT2D eigenvalue weighted by molar-refractivity contribution is -0.121. The molecule has 1 N–H and O–H groups in total. The second-order valence-corrected chi connectivity index (χ2v) is 5.48. The van der Waals surface area contributed by atoms with Crippen LogP contribution >= 0.6 is 0 Å². The first-order valence-electron chi connectivity index (χ1n) is 7.23. The number of hydrogen-bond acceptors (Lipinski definition) is 5. The highest BCUT2D eigenvalue weighted by atomic mass is 16.2. The second-order valence-electron chi connectivity index (χ2n) is 5.48. The minimum Gasteiger partial charge on any atom is -0.358 e. The lowest BCUT2D eigenvalue weighted by Crippen LogP contribution is -2.33. The van der Waals surface area contributed by atoms with E-state index in [1.54, 1.807) is 20.2 Å². The number of likely N-dealkylation sites (N-methyl/N-ethyl adjacent to an activating group) is 2. The van der Waals surface area contributed by atoms with Crippen LogP contribution < -0.4 is 10.9 Å². The number of aromatic nitrogens is 4. The monoisotopic (exact) mass is 314 g/mol. The molecular weight excluding hydrogens is 296 g/mol. The van der Waals surface area contributed by atoms with Gasteiger partial charge in [-0.2, -0.15) is 0 Å². The van der Waals surface area contributed by atoms with Crippen molar-refractivity contribution in [3.05, 3.63) is 40.4 Å².